The number of fused-ring (bicyclic) bond motifs is 1. The number of anilines is 1. The lowest BCUT2D eigenvalue weighted by atomic mass is 10.1. The average molecular weight is 334 g/mol. The second-order valence-electron chi connectivity index (χ2n) is 5.01. The molecule has 0 saturated carbocycles. The Bertz CT molecular complexity index is 665. The molecule has 0 fully saturated rings. The Morgan fingerprint density at radius 3 is 2.95 bits per heavy atom. The lowest BCUT2D eigenvalue weighted by molar-refractivity contribution is 0.0970. The highest BCUT2D eigenvalue weighted by molar-refractivity contribution is 9.10. The zero-order chi connectivity index (χ0) is 14.3. The number of rotatable bonds is 2. The second kappa shape index (κ2) is 5.05. The summed E-state index contributed by atoms with van der Waals surface area (Å²) < 4.78 is 2.49. The van der Waals surface area contributed by atoms with Crippen molar-refractivity contribution in [3.8, 4) is 0 Å². The van der Waals surface area contributed by atoms with Gasteiger partial charge in [-0.25, -0.2) is 0 Å². The number of aromatic nitrogens is 2. The van der Waals surface area contributed by atoms with Crippen LogP contribution in [0.4, 0.5) is 5.69 Å². The predicted molar refractivity (Wildman–Crippen MR) is 82.0 cm³/mol. The summed E-state index contributed by atoms with van der Waals surface area (Å²) in [6.07, 6.45) is 2.59. The van der Waals surface area contributed by atoms with E-state index in [9.17, 15) is 4.79 Å². The first-order valence-corrected chi connectivity index (χ1v) is 7.55. The van der Waals surface area contributed by atoms with Gasteiger partial charge < -0.3 is 4.90 Å². The third-order valence-corrected chi connectivity index (χ3v) is 4.30. The summed E-state index contributed by atoms with van der Waals surface area (Å²) in [6.45, 7) is 4.74. The molecule has 0 spiro atoms. The van der Waals surface area contributed by atoms with Crippen LogP contribution in [0.25, 0.3) is 0 Å². The second-order valence-corrected chi connectivity index (χ2v) is 5.87. The summed E-state index contributed by atoms with van der Waals surface area (Å²) in [4.78, 5) is 14.8. The van der Waals surface area contributed by atoms with Crippen molar-refractivity contribution in [2.45, 2.75) is 32.9 Å². The largest absolute Gasteiger partial charge is 0.304 e. The Balaban J connectivity index is 2.05. The fourth-order valence-electron chi connectivity index (χ4n) is 2.80. The normalized spacial score (nSPS) is 17.4. The van der Waals surface area contributed by atoms with Crippen molar-refractivity contribution in [2.75, 3.05) is 4.90 Å². The first-order chi connectivity index (χ1) is 9.63. The molecule has 1 aliphatic heterocycles. The van der Waals surface area contributed by atoms with E-state index in [2.05, 4.69) is 34.0 Å². The number of para-hydroxylation sites is 1. The molecule has 1 aromatic carbocycles. The van der Waals surface area contributed by atoms with Crippen LogP contribution in [-0.4, -0.2) is 21.7 Å². The fraction of sp³-hybridized carbons (Fsp3) is 0.333. The van der Waals surface area contributed by atoms with Gasteiger partial charge in [-0.1, -0.05) is 18.2 Å². The van der Waals surface area contributed by atoms with Crippen molar-refractivity contribution >= 4 is 27.5 Å². The molecule has 0 radical (unpaired) electrons. The highest BCUT2D eigenvalue weighted by atomic mass is 79.9. The summed E-state index contributed by atoms with van der Waals surface area (Å²) >= 11 is 3.43. The summed E-state index contributed by atoms with van der Waals surface area (Å²) in [5.74, 6) is 0.00803. The van der Waals surface area contributed by atoms with Gasteiger partial charge in [0.25, 0.3) is 5.91 Å². The molecule has 3 rings (SSSR count). The maximum absolute atomic E-state index is 12.9. The minimum absolute atomic E-state index is 0.00803. The molecule has 4 nitrogen and oxygen atoms in total. The number of aryl methyl sites for hydroxylation is 1. The molecule has 2 aromatic rings. The molecule has 1 aliphatic rings. The summed E-state index contributed by atoms with van der Waals surface area (Å²) in [5.41, 5.74) is 2.86. The van der Waals surface area contributed by atoms with Crippen LogP contribution in [0, 0.1) is 0 Å². The predicted octanol–water partition coefficient (Wildman–Crippen LogP) is 3.26. The summed E-state index contributed by atoms with van der Waals surface area (Å²) in [5, 5.41) is 4.23. The van der Waals surface area contributed by atoms with E-state index in [0.717, 1.165) is 16.6 Å². The van der Waals surface area contributed by atoms with Gasteiger partial charge in [-0.3, -0.25) is 9.48 Å². The highest BCUT2D eigenvalue weighted by Gasteiger charge is 2.33. The molecule has 20 heavy (non-hydrogen) atoms. The van der Waals surface area contributed by atoms with Gasteiger partial charge in [0.1, 0.15) is 5.69 Å². The SMILES string of the molecule is CCn1ncc(Br)c1C(=O)N1c2ccccc2CC1C. The van der Waals surface area contributed by atoms with E-state index in [4.69, 9.17) is 0 Å². The topological polar surface area (TPSA) is 38.1 Å². The first kappa shape index (κ1) is 13.4. The lowest BCUT2D eigenvalue weighted by Crippen LogP contribution is -2.37. The molecule has 5 heteroatoms. The van der Waals surface area contributed by atoms with Crippen LogP contribution >= 0.6 is 15.9 Å². The van der Waals surface area contributed by atoms with E-state index >= 15 is 0 Å². The van der Waals surface area contributed by atoms with E-state index in [0.29, 0.717) is 12.2 Å². The monoisotopic (exact) mass is 333 g/mol. The number of halogens is 1. The van der Waals surface area contributed by atoms with Gasteiger partial charge in [-0.2, -0.15) is 5.10 Å². The van der Waals surface area contributed by atoms with Gasteiger partial charge in [0.2, 0.25) is 0 Å². The molecule has 1 atom stereocenters. The van der Waals surface area contributed by atoms with Crippen LogP contribution in [-0.2, 0) is 13.0 Å². The Hall–Kier alpha value is -1.62. The molecule has 2 heterocycles. The Kier molecular flexibility index (Phi) is 3.38. The molecule has 0 N–H and O–H groups in total. The third-order valence-electron chi connectivity index (χ3n) is 3.72. The number of hydrogen-bond acceptors (Lipinski definition) is 2. The zero-order valence-electron chi connectivity index (χ0n) is 11.5. The molecule has 1 unspecified atom stereocenters. The van der Waals surface area contributed by atoms with Crippen LogP contribution in [0.3, 0.4) is 0 Å². The number of carbonyl (C=O) groups excluding carboxylic acids is 1. The van der Waals surface area contributed by atoms with Crippen LogP contribution < -0.4 is 4.90 Å². The quantitative estimate of drug-likeness (QED) is 0.846. The van der Waals surface area contributed by atoms with Crippen molar-refractivity contribution in [3.63, 3.8) is 0 Å². The number of amides is 1. The van der Waals surface area contributed by atoms with E-state index in [1.165, 1.54) is 5.56 Å². The third kappa shape index (κ3) is 1.97. The minimum atomic E-state index is 0.00803. The fourth-order valence-corrected chi connectivity index (χ4v) is 3.27. The van der Waals surface area contributed by atoms with Gasteiger partial charge in [0.15, 0.2) is 0 Å². The van der Waals surface area contributed by atoms with Gasteiger partial charge in [0, 0.05) is 18.3 Å². The lowest BCUT2D eigenvalue weighted by Gasteiger charge is -2.23. The molecule has 1 aromatic heterocycles. The maximum Gasteiger partial charge on any atom is 0.277 e. The minimum Gasteiger partial charge on any atom is -0.304 e. The van der Waals surface area contributed by atoms with E-state index in [-0.39, 0.29) is 11.9 Å². The van der Waals surface area contributed by atoms with Crippen molar-refractivity contribution in [3.05, 3.63) is 46.2 Å². The van der Waals surface area contributed by atoms with Gasteiger partial charge >= 0.3 is 0 Å². The summed E-state index contributed by atoms with van der Waals surface area (Å²) in [6, 6.07) is 8.27. The van der Waals surface area contributed by atoms with Crippen LogP contribution in [0.15, 0.2) is 34.9 Å². The maximum atomic E-state index is 12.9. The molecular weight excluding hydrogens is 318 g/mol. The Morgan fingerprint density at radius 1 is 1.45 bits per heavy atom. The standard InChI is InChI=1S/C15H16BrN3O/c1-3-18-14(12(16)9-17-18)15(20)19-10(2)8-11-6-4-5-7-13(11)19/h4-7,9-10H,3,8H2,1-2H3. The van der Waals surface area contributed by atoms with Gasteiger partial charge in [0.05, 0.1) is 10.7 Å². The van der Waals surface area contributed by atoms with E-state index < -0.39 is 0 Å². The van der Waals surface area contributed by atoms with Crippen LogP contribution in [0.1, 0.15) is 29.9 Å². The van der Waals surface area contributed by atoms with Gasteiger partial charge in [-0.05, 0) is 47.8 Å². The number of hydrogen-bond donors (Lipinski definition) is 0. The number of benzene rings is 1. The van der Waals surface area contributed by atoms with E-state index in [1.807, 2.05) is 30.0 Å². The highest BCUT2D eigenvalue weighted by Crippen LogP contribution is 2.34. The van der Waals surface area contributed by atoms with Crippen molar-refractivity contribution in [1.82, 2.24) is 9.78 Å². The van der Waals surface area contributed by atoms with E-state index in [1.54, 1.807) is 10.9 Å². The van der Waals surface area contributed by atoms with Crippen molar-refractivity contribution in [1.29, 1.82) is 0 Å². The Morgan fingerprint density at radius 2 is 2.20 bits per heavy atom. The molecule has 0 saturated heterocycles. The van der Waals surface area contributed by atoms with Crippen molar-refractivity contribution < 1.29 is 4.79 Å². The van der Waals surface area contributed by atoms with Gasteiger partial charge in [-0.15, -0.1) is 0 Å². The molecule has 104 valence electrons. The zero-order valence-corrected chi connectivity index (χ0v) is 13.1. The Labute approximate surface area is 126 Å². The number of carbonyl (C=O) groups is 1. The molecular formula is C15H16BrN3O. The van der Waals surface area contributed by atoms with Crippen LogP contribution in [0.5, 0.6) is 0 Å². The molecule has 0 bridgehead atoms. The molecule has 0 aliphatic carbocycles. The average Bonchev–Trinajstić information content (AvgIpc) is 2.97. The smallest absolute Gasteiger partial charge is 0.277 e. The number of nitrogens with zero attached hydrogens (tertiary/aromatic N) is 3. The van der Waals surface area contributed by atoms with Crippen molar-refractivity contribution in [2.24, 2.45) is 0 Å². The summed E-state index contributed by atoms with van der Waals surface area (Å²) in [7, 11) is 0. The first-order valence-electron chi connectivity index (χ1n) is 6.76. The molecule has 1 amide bonds. The van der Waals surface area contributed by atoms with Crippen LogP contribution in [0.2, 0.25) is 0 Å².